The van der Waals surface area contributed by atoms with Crippen LogP contribution in [0.5, 0.6) is 0 Å². The number of hydrogen-bond donors (Lipinski definition) is 0. The summed E-state index contributed by atoms with van der Waals surface area (Å²) in [5.74, 6) is -1.13. The van der Waals surface area contributed by atoms with Gasteiger partial charge in [0.15, 0.2) is 0 Å². The van der Waals surface area contributed by atoms with Gasteiger partial charge in [-0.2, -0.15) is 0 Å². The fourth-order valence-corrected chi connectivity index (χ4v) is 0.717. The van der Waals surface area contributed by atoms with E-state index in [1.807, 2.05) is 0 Å². The Morgan fingerprint density at radius 3 is 2.30 bits per heavy atom. The molecule has 1 aromatic rings. The second-order valence-corrected chi connectivity index (χ2v) is 2.41. The third-order valence-corrected chi connectivity index (χ3v) is 1.52. The molecule has 0 spiro atoms. The van der Waals surface area contributed by atoms with Crippen LogP contribution < -0.4 is 0 Å². The van der Waals surface area contributed by atoms with Gasteiger partial charge in [0.1, 0.15) is 11.6 Å². The SMILES string of the molecule is Fc1ccc(Br)c(F)c1.[H-].[H-].[Mg+2]. The van der Waals surface area contributed by atoms with Crippen molar-refractivity contribution in [2.75, 3.05) is 0 Å². The fourth-order valence-electron chi connectivity index (χ4n) is 0.470. The van der Waals surface area contributed by atoms with Crippen LogP contribution in [0.3, 0.4) is 0 Å². The van der Waals surface area contributed by atoms with Crippen LogP contribution >= 0.6 is 15.9 Å². The molecule has 0 saturated heterocycles. The minimum atomic E-state index is -0.574. The largest absolute Gasteiger partial charge is 2.00 e. The molecule has 1 rings (SSSR count). The van der Waals surface area contributed by atoms with Gasteiger partial charge < -0.3 is 2.85 Å². The average Bonchev–Trinajstić information content (AvgIpc) is 1.80. The molecule has 0 aliphatic heterocycles. The standard InChI is InChI=1S/C6H3BrF2.Mg.2H/c7-5-2-1-4(8)3-6(5)9;;;/h1-3H;;;/q;+2;2*-1. The third-order valence-electron chi connectivity index (χ3n) is 0.882. The Balaban J connectivity index is -0.000000270. The van der Waals surface area contributed by atoms with E-state index in [0.29, 0.717) is 0 Å². The van der Waals surface area contributed by atoms with Gasteiger partial charge in [-0.25, -0.2) is 8.78 Å². The summed E-state index contributed by atoms with van der Waals surface area (Å²) in [6.45, 7) is 0. The normalized spacial score (nSPS) is 8.70. The molecular formula is C6H5BrF2Mg. The molecule has 0 aliphatic carbocycles. The molecule has 0 bridgehead atoms. The summed E-state index contributed by atoms with van der Waals surface area (Å²) in [7, 11) is 0. The van der Waals surface area contributed by atoms with Gasteiger partial charge in [0, 0.05) is 6.07 Å². The molecule has 0 saturated carbocycles. The molecule has 52 valence electrons. The molecule has 0 amide bonds. The van der Waals surface area contributed by atoms with Crippen molar-refractivity contribution in [1.29, 1.82) is 0 Å². The first-order valence-electron chi connectivity index (χ1n) is 2.30. The molecule has 0 radical (unpaired) electrons. The first-order valence-corrected chi connectivity index (χ1v) is 3.10. The van der Waals surface area contributed by atoms with Gasteiger partial charge in [0.25, 0.3) is 0 Å². The Morgan fingerprint density at radius 1 is 1.30 bits per heavy atom. The first-order chi connectivity index (χ1) is 4.20. The maximum atomic E-state index is 12.3. The van der Waals surface area contributed by atoms with Crippen molar-refractivity contribution in [2.24, 2.45) is 0 Å². The van der Waals surface area contributed by atoms with Crippen LogP contribution in [-0.4, -0.2) is 23.1 Å². The van der Waals surface area contributed by atoms with Crippen LogP contribution in [0, 0.1) is 11.6 Å². The van der Waals surface area contributed by atoms with E-state index in [1.165, 1.54) is 12.1 Å². The van der Waals surface area contributed by atoms with Gasteiger partial charge >= 0.3 is 23.1 Å². The number of halogens is 3. The van der Waals surface area contributed by atoms with E-state index in [9.17, 15) is 8.78 Å². The molecule has 10 heavy (non-hydrogen) atoms. The van der Waals surface area contributed by atoms with Crippen LogP contribution in [0.1, 0.15) is 2.85 Å². The van der Waals surface area contributed by atoms with E-state index in [2.05, 4.69) is 15.9 Å². The summed E-state index contributed by atoms with van der Waals surface area (Å²) in [6, 6.07) is 3.34. The molecule has 4 heteroatoms. The van der Waals surface area contributed by atoms with E-state index >= 15 is 0 Å². The molecule has 0 nitrogen and oxygen atoms in total. The van der Waals surface area contributed by atoms with E-state index in [0.717, 1.165) is 6.07 Å². The van der Waals surface area contributed by atoms with Crippen molar-refractivity contribution in [2.45, 2.75) is 0 Å². The average molecular weight is 219 g/mol. The molecular weight excluding hydrogens is 214 g/mol. The summed E-state index contributed by atoms with van der Waals surface area (Å²) in [6.07, 6.45) is 0. The summed E-state index contributed by atoms with van der Waals surface area (Å²) >= 11 is 2.89. The van der Waals surface area contributed by atoms with E-state index in [1.54, 1.807) is 0 Å². The van der Waals surface area contributed by atoms with Crippen molar-refractivity contribution in [3.05, 3.63) is 34.3 Å². The van der Waals surface area contributed by atoms with Crippen molar-refractivity contribution in [1.82, 2.24) is 0 Å². The maximum absolute atomic E-state index is 12.3. The Kier molecular flexibility index (Phi) is 4.39. The Morgan fingerprint density at radius 2 is 1.90 bits per heavy atom. The van der Waals surface area contributed by atoms with Gasteiger partial charge in [-0.1, -0.05) is 0 Å². The smallest absolute Gasteiger partial charge is 1.00 e. The zero-order valence-corrected chi connectivity index (χ0v) is 8.07. The predicted molar refractivity (Wildman–Crippen MR) is 42.0 cm³/mol. The number of hydrogen-bond acceptors (Lipinski definition) is 0. The van der Waals surface area contributed by atoms with E-state index in [4.69, 9.17) is 0 Å². The van der Waals surface area contributed by atoms with Crippen LogP contribution in [0.2, 0.25) is 0 Å². The molecule has 0 aliphatic rings. The van der Waals surface area contributed by atoms with Crippen molar-refractivity contribution < 1.29 is 11.6 Å². The van der Waals surface area contributed by atoms with Crippen LogP contribution in [-0.2, 0) is 0 Å². The third kappa shape index (κ3) is 2.52. The zero-order valence-electron chi connectivity index (χ0n) is 7.07. The van der Waals surface area contributed by atoms with Crippen molar-refractivity contribution >= 4 is 39.0 Å². The zero-order chi connectivity index (χ0) is 6.85. The molecule has 0 heterocycles. The molecule has 0 aromatic heterocycles. The van der Waals surface area contributed by atoms with Gasteiger partial charge in [-0.3, -0.25) is 0 Å². The predicted octanol–water partition coefficient (Wildman–Crippen LogP) is 2.57. The van der Waals surface area contributed by atoms with Gasteiger partial charge in [0.2, 0.25) is 0 Å². The summed E-state index contributed by atoms with van der Waals surface area (Å²) in [4.78, 5) is 0. The van der Waals surface area contributed by atoms with Crippen LogP contribution in [0.15, 0.2) is 22.7 Å². The van der Waals surface area contributed by atoms with E-state index in [-0.39, 0.29) is 30.4 Å². The topological polar surface area (TPSA) is 0 Å². The van der Waals surface area contributed by atoms with E-state index < -0.39 is 11.6 Å². The van der Waals surface area contributed by atoms with Crippen molar-refractivity contribution in [3.63, 3.8) is 0 Å². The summed E-state index contributed by atoms with van der Waals surface area (Å²) < 4.78 is 24.7. The van der Waals surface area contributed by atoms with Crippen LogP contribution in [0.4, 0.5) is 8.78 Å². The Hall–Kier alpha value is 0.326. The second kappa shape index (κ2) is 4.26. The number of rotatable bonds is 0. The summed E-state index contributed by atoms with van der Waals surface area (Å²) in [5.41, 5.74) is 0. The minimum absolute atomic E-state index is 0. The minimum Gasteiger partial charge on any atom is -1.00 e. The molecule has 0 N–H and O–H groups in total. The maximum Gasteiger partial charge on any atom is 2.00 e. The monoisotopic (exact) mass is 218 g/mol. The second-order valence-electron chi connectivity index (χ2n) is 1.56. The van der Waals surface area contributed by atoms with Crippen molar-refractivity contribution in [3.8, 4) is 0 Å². The molecule has 0 atom stereocenters. The quantitative estimate of drug-likeness (QED) is 0.465. The van der Waals surface area contributed by atoms with Gasteiger partial charge in [-0.05, 0) is 28.1 Å². The molecule has 0 fully saturated rings. The molecule has 1 aromatic carbocycles. The fraction of sp³-hybridized carbons (Fsp3) is 0. The van der Waals surface area contributed by atoms with Gasteiger partial charge in [0.05, 0.1) is 4.47 Å². The number of benzene rings is 1. The van der Waals surface area contributed by atoms with Crippen LogP contribution in [0.25, 0.3) is 0 Å². The Bertz CT molecular complexity index is 235. The Labute approximate surface area is 84.9 Å². The molecule has 0 unspecified atom stereocenters. The van der Waals surface area contributed by atoms with Gasteiger partial charge in [-0.15, -0.1) is 0 Å². The first kappa shape index (κ1) is 10.3. The summed E-state index contributed by atoms with van der Waals surface area (Å²) in [5, 5.41) is 0.